The van der Waals surface area contributed by atoms with Crippen LogP contribution in [0.5, 0.6) is 0 Å². The van der Waals surface area contributed by atoms with E-state index in [9.17, 15) is 4.79 Å². The van der Waals surface area contributed by atoms with Gasteiger partial charge in [0.25, 0.3) is 0 Å². The summed E-state index contributed by atoms with van der Waals surface area (Å²) in [5.41, 5.74) is 0. The summed E-state index contributed by atoms with van der Waals surface area (Å²) in [4.78, 5) is 13.2. The highest BCUT2D eigenvalue weighted by atomic mass is 16.2. The molecular weight excluding hydrogens is 224 g/mol. The van der Waals surface area contributed by atoms with E-state index in [1.54, 1.807) is 6.92 Å². The third-order valence-electron chi connectivity index (χ3n) is 4.84. The second-order valence-electron chi connectivity index (χ2n) is 6.07. The summed E-state index contributed by atoms with van der Waals surface area (Å²) < 4.78 is 0. The first-order chi connectivity index (χ1) is 8.69. The van der Waals surface area contributed by atoms with Gasteiger partial charge in [0.15, 0.2) is 0 Å². The SMILES string of the molecule is CCC1CCC(NC2CCN(C(C)=O)CC2)CC1. The predicted molar refractivity (Wildman–Crippen MR) is 74.4 cm³/mol. The van der Waals surface area contributed by atoms with Gasteiger partial charge in [-0.15, -0.1) is 0 Å². The van der Waals surface area contributed by atoms with Gasteiger partial charge in [-0.2, -0.15) is 0 Å². The number of carbonyl (C=O) groups excluding carboxylic acids is 1. The van der Waals surface area contributed by atoms with Crippen LogP contribution in [-0.4, -0.2) is 36.0 Å². The Hall–Kier alpha value is -0.570. The molecule has 0 radical (unpaired) electrons. The number of likely N-dealkylation sites (tertiary alicyclic amines) is 1. The predicted octanol–water partition coefficient (Wildman–Crippen LogP) is 2.56. The average molecular weight is 252 g/mol. The minimum Gasteiger partial charge on any atom is -0.343 e. The van der Waals surface area contributed by atoms with Gasteiger partial charge in [-0.3, -0.25) is 4.79 Å². The molecule has 3 heteroatoms. The van der Waals surface area contributed by atoms with Gasteiger partial charge in [0, 0.05) is 32.1 Å². The van der Waals surface area contributed by atoms with Crippen molar-refractivity contribution in [3.8, 4) is 0 Å². The molecule has 0 spiro atoms. The highest BCUT2D eigenvalue weighted by Gasteiger charge is 2.25. The Kier molecular flexibility index (Phi) is 5.04. The Bertz CT molecular complexity index is 264. The normalized spacial score (nSPS) is 30.4. The molecule has 0 aromatic carbocycles. The van der Waals surface area contributed by atoms with Gasteiger partial charge in [-0.25, -0.2) is 0 Å². The lowest BCUT2D eigenvalue weighted by molar-refractivity contribution is -0.129. The van der Waals surface area contributed by atoms with Crippen molar-refractivity contribution in [2.24, 2.45) is 5.92 Å². The first-order valence-corrected chi connectivity index (χ1v) is 7.70. The quantitative estimate of drug-likeness (QED) is 0.837. The molecule has 2 rings (SSSR count). The van der Waals surface area contributed by atoms with E-state index >= 15 is 0 Å². The molecule has 1 heterocycles. The molecule has 18 heavy (non-hydrogen) atoms. The molecule has 0 aromatic rings. The van der Waals surface area contributed by atoms with E-state index in [4.69, 9.17) is 0 Å². The molecule has 0 unspecified atom stereocenters. The first-order valence-electron chi connectivity index (χ1n) is 7.70. The van der Waals surface area contributed by atoms with Crippen molar-refractivity contribution in [1.29, 1.82) is 0 Å². The fourth-order valence-electron chi connectivity index (χ4n) is 3.43. The van der Waals surface area contributed by atoms with Gasteiger partial charge < -0.3 is 10.2 Å². The summed E-state index contributed by atoms with van der Waals surface area (Å²) in [6.45, 7) is 5.88. The summed E-state index contributed by atoms with van der Waals surface area (Å²) in [5.74, 6) is 1.21. The van der Waals surface area contributed by atoms with Crippen molar-refractivity contribution in [3.63, 3.8) is 0 Å². The summed E-state index contributed by atoms with van der Waals surface area (Å²) in [7, 11) is 0. The number of amides is 1. The number of carbonyl (C=O) groups is 1. The zero-order valence-corrected chi connectivity index (χ0v) is 12.0. The van der Waals surface area contributed by atoms with Crippen molar-refractivity contribution in [2.75, 3.05) is 13.1 Å². The zero-order valence-electron chi connectivity index (χ0n) is 12.0. The van der Waals surface area contributed by atoms with Crippen LogP contribution in [0, 0.1) is 5.92 Å². The van der Waals surface area contributed by atoms with Gasteiger partial charge in [-0.05, 0) is 44.4 Å². The number of rotatable bonds is 3. The molecule has 2 fully saturated rings. The van der Waals surface area contributed by atoms with Crippen molar-refractivity contribution in [3.05, 3.63) is 0 Å². The van der Waals surface area contributed by atoms with Gasteiger partial charge in [0.05, 0.1) is 0 Å². The lowest BCUT2D eigenvalue weighted by Gasteiger charge is -2.36. The average Bonchev–Trinajstić information content (AvgIpc) is 2.40. The third kappa shape index (κ3) is 3.71. The zero-order chi connectivity index (χ0) is 13.0. The van der Waals surface area contributed by atoms with Crippen molar-refractivity contribution >= 4 is 5.91 Å². The van der Waals surface area contributed by atoms with E-state index in [0.717, 1.165) is 37.9 Å². The second kappa shape index (κ2) is 6.55. The molecule has 0 atom stereocenters. The van der Waals surface area contributed by atoms with Crippen LogP contribution in [0.25, 0.3) is 0 Å². The molecule has 0 bridgehead atoms. The van der Waals surface area contributed by atoms with Crippen LogP contribution in [0.4, 0.5) is 0 Å². The molecule has 2 aliphatic rings. The second-order valence-corrected chi connectivity index (χ2v) is 6.07. The molecule has 104 valence electrons. The molecule has 1 N–H and O–H groups in total. The first kappa shape index (κ1) is 13.9. The summed E-state index contributed by atoms with van der Waals surface area (Å²) >= 11 is 0. The summed E-state index contributed by atoms with van der Waals surface area (Å²) in [6.07, 6.45) is 9.13. The number of nitrogens with zero attached hydrogens (tertiary/aromatic N) is 1. The molecule has 0 aromatic heterocycles. The molecule has 1 amide bonds. The van der Waals surface area contributed by atoms with Crippen LogP contribution < -0.4 is 5.32 Å². The highest BCUT2D eigenvalue weighted by Crippen LogP contribution is 2.27. The van der Waals surface area contributed by atoms with Crippen molar-refractivity contribution < 1.29 is 4.79 Å². The van der Waals surface area contributed by atoms with Crippen LogP contribution in [0.15, 0.2) is 0 Å². The molecule has 1 saturated carbocycles. The van der Waals surface area contributed by atoms with E-state index in [1.807, 2.05) is 4.90 Å². The van der Waals surface area contributed by atoms with Gasteiger partial charge >= 0.3 is 0 Å². The fraction of sp³-hybridized carbons (Fsp3) is 0.933. The maximum Gasteiger partial charge on any atom is 0.219 e. The van der Waals surface area contributed by atoms with E-state index in [2.05, 4.69) is 12.2 Å². The Morgan fingerprint density at radius 2 is 1.61 bits per heavy atom. The van der Waals surface area contributed by atoms with E-state index in [-0.39, 0.29) is 5.91 Å². The molecule has 1 aliphatic heterocycles. The Balaban J connectivity index is 1.67. The van der Waals surface area contributed by atoms with E-state index in [1.165, 1.54) is 32.1 Å². The number of hydrogen-bond acceptors (Lipinski definition) is 2. The van der Waals surface area contributed by atoms with E-state index in [0.29, 0.717) is 6.04 Å². The van der Waals surface area contributed by atoms with Crippen LogP contribution in [0.1, 0.15) is 58.8 Å². The van der Waals surface area contributed by atoms with Crippen molar-refractivity contribution in [1.82, 2.24) is 10.2 Å². The lowest BCUT2D eigenvalue weighted by Crippen LogP contribution is -2.48. The number of piperidine rings is 1. The smallest absolute Gasteiger partial charge is 0.219 e. The summed E-state index contributed by atoms with van der Waals surface area (Å²) in [5, 5.41) is 3.82. The Labute approximate surface area is 111 Å². The summed E-state index contributed by atoms with van der Waals surface area (Å²) in [6, 6.07) is 1.38. The number of nitrogens with one attached hydrogen (secondary N) is 1. The Morgan fingerprint density at radius 1 is 1.06 bits per heavy atom. The van der Waals surface area contributed by atoms with Crippen LogP contribution in [0.3, 0.4) is 0 Å². The minimum absolute atomic E-state index is 0.233. The largest absolute Gasteiger partial charge is 0.343 e. The van der Waals surface area contributed by atoms with Crippen molar-refractivity contribution in [2.45, 2.75) is 70.9 Å². The molecule has 1 saturated heterocycles. The molecule has 3 nitrogen and oxygen atoms in total. The van der Waals surface area contributed by atoms with Gasteiger partial charge in [0.1, 0.15) is 0 Å². The number of hydrogen-bond donors (Lipinski definition) is 1. The van der Waals surface area contributed by atoms with Crippen LogP contribution in [0.2, 0.25) is 0 Å². The third-order valence-corrected chi connectivity index (χ3v) is 4.84. The Morgan fingerprint density at radius 3 is 2.11 bits per heavy atom. The monoisotopic (exact) mass is 252 g/mol. The fourth-order valence-corrected chi connectivity index (χ4v) is 3.43. The standard InChI is InChI=1S/C15H28N2O/c1-3-13-4-6-14(7-5-13)16-15-8-10-17(11-9-15)12(2)18/h13-16H,3-11H2,1-2H3. The minimum atomic E-state index is 0.233. The van der Waals surface area contributed by atoms with Crippen LogP contribution in [-0.2, 0) is 4.79 Å². The maximum absolute atomic E-state index is 11.3. The maximum atomic E-state index is 11.3. The lowest BCUT2D eigenvalue weighted by atomic mass is 9.84. The topological polar surface area (TPSA) is 32.3 Å². The molecular formula is C15H28N2O. The molecule has 1 aliphatic carbocycles. The van der Waals surface area contributed by atoms with Crippen LogP contribution >= 0.6 is 0 Å². The highest BCUT2D eigenvalue weighted by molar-refractivity contribution is 5.73. The van der Waals surface area contributed by atoms with Gasteiger partial charge in [0.2, 0.25) is 5.91 Å². The van der Waals surface area contributed by atoms with E-state index < -0.39 is 0 Å². The van der Waals surface area contributed by atoms with Gasteiger partial charge in [-0.1, -0.05) is 13.3 Å².